The minimum absolute atomic E-state index is 0.114. The average molecular weight is 485 g/mol. The number of piperazine rings is 1. The maximum absolute atomic E-state index is 13.4. The van der Waals surface area contributed by atoms with Crippen molar-refractivity contribution < 1.29 is 28.3 Å². The molecule has 0 radical (unpaired) electrons. The predicted molar refractivity (Wildman–Crippen MR) is 116 cm³/mol. The van der Waals surface area contributed by atoms with Crippen LogP contribution in [0.5, 0.6) is 0 Å². The topological polar surface area (TPSA) is 167 Å². The van der Waals surface area contributed by atoms with Crippen molar-refractivity contribution >= 4 is 23.6 Å². The molecule has 13 heteroatoms. The molecule has 35 heavy (non-hydrogen) atoms. The van der Waals surface area contributed by atoms with Crippen LogP contribution in [0.3, 0.4) is 0 Å². The number of hydrogen-bond donors (Lipinski definition) is 2. The Balaban J connectivity index is 1.30. The second kappa shape index (κ2) is 8.73. The van der Waals surface area contributed by atoms with Gasteiger partial charge >= 0.3 is 0 Å². The number of amides is 4. The first-order chi connectivity index (χ1) is 16.7. The van der Waals surface area contributed by atoms with E-state index in [2.05, 4.69) is 10.3 Å². The molecule has 184 valence electrons. The van der Waals surface area contributed by atoms with E-state index in [9.17, 15) is 23.6 Å². The lowest BCUT2D eigenvalue weighted by atomic mass is 9.93. The summed E-state index contributed by atoms with van der Waals surface area (Å²) in [6.07, 6.45) is 0.897. The van der Waals surface area contributed by atoms with E-state index in [1.54, 1.807) is 17.0 Å². The highest BCUT2D eigenvalue weighted by Gasteiger charge is 2.53. The molecule has 3 aliphatic heterocycles. The lowest BCUT2D eigenvalue weighted by Gasteiger charge is -2.46. The number of ether oxygens (including phenoxy) is 1. The molecule has 0 aliphatic carbocycles. The standard InChI is InChI=1S/C22H24FN7O5/c23-12-3-1-11(2-4-12)10-35-14-5-6-28-16(8-14)22(34)29-9-13(7-15(29)21(28)33)30-18(20(25)32)17(19(24)31)26-27-30/h1-4,13-16H,5-10H2,(H2,24,31)(H2,25,32). The fourth-order valence-corrected chi connectivity index (χ4v) is 5.17. The number of carbonyl (C=O) groups is 4. The number of nitrogens with two attached hydrogens (primary N) is 2. The lowest BCUT2D eigenvalue weighted by Crippen LogP contribution is -2.65. The van der Waals surface area contributed by atoms with Crippen LogP contribution in [0.1, 0.15) is 51.8 Å². The van der Waals surface area contributed by atoms with Gasteiger partial charge in [0.25, 0.3) is 11.8 Å². The maximum atomic E-state index is 13.4. The van der Waals surface area contributed by atoms with Crippen LogP contribution in [0.25, 0.3) is 0 Å². The molecule has 4 N–H and O–H groups in total. The molecule has 4 unspecified atom stereocenters. The molecule has 3 fully saturated rings. The van der Waals surface area contributed by atoms with Crippen LogP contribution in [0, 0.1) is 5.82 Å². The summed E-state index contributed by atoms with van der Waals surface area (Å²) in [6, 6.07) is 4.08. The second-order valence-electron chi connectivity index (χ2n) is 8.99. The summed E-state index contributed by atoms with van der Waals surface area (Å²) >= 11 is 0. The smallest absolute Gasteiger partial charge is 0.271 e. The van der Waals surface area contributed by atoms with Gasteiger partial charge in [0.1, 0.15) is 17.9 Å². The number of aromatic nitrogens is 3. The fraction of sp³-hybridized carbons (Fsp3) is 0.455. The number of benzene rings is 1. The Morgan fingerprint density at radius 1 is 1.03 bits per heavy atom. The van der Waals surface area contributed by atoms with Gasteiger partial charge in [-0.3, -0.25) is 19.2 Å². The number of piperidine rings is 1. The molecule has 4 amide bonds. The number of primary amides is 2. The third-order valence-electron chi connectivity index (χ3n) is 6.88. The first-order valence-corrected chi connectivity index (χ1v) is 11.3. The highest BCUT2D eigenvalue weighted by atomic mass is 19.1. The van der Waals surface area contributed by atoms with Crippen molar-refractivity contribution in [2.75, 3.05) is 13.1 Å². The quantitative estimate of drug-likeness (QED) is 0.548. The Morgan fingerprint density at radius 2 is 1.71 bits per heavy atom. The Hall–Kier alpha value is -3.87. The van der Waals surface area contributed by atoms with Gasteiger partial charge in [-0.15, -0.1) is 5.10 Å². The van der Waals surface area contributed by atoms with Crippen molar-refractivity contribution in [1.82, 2.24) is 24.8 Å². The van der Waals surface area contributed by atoms with Crippen LogP contribution in [-0.4, -0.2) is 79.7 Å². The molecule has 2 aromatic rings. The number of halogens is 1. The molecule has 3 aliphatic rings. The van der Waals surface area contributed by atoms with E-state index in [1.807, 2.05) is 0 Å². The molecule has 4 heterocycles. The maximum Gasteiger partial charge on any atom is 0.271 e. The number of carbonyl (C=O) groups excluding carboxylic acids is 4. The van der Waals surface area contributed by atoms with Crippen LogP contribution in [-0.2, 0) is 20.9 Å². The third kappa shape index (κ3) is 4.01. The van der Waals surface area contributed by atoms with Crippen molar-refractivity contribution in [3.05, 3.63) is 47.0 Å². The van der Waals surface area contributed by atoms with E-state index in [0.717, 1.165) is 5.56 Å². The van der Waals surface area contributed by atoms with E-state index in [-0.39, 0.29) is 54.7 Å². The zero-order chi connectivity index (χ0) is 24.9. The Kier molecular flexibility index (Phi) is 5.71. The van der Waals surface area contributed by atoms with E-state index in [0.29, 0.717) is 19.4 Å². The minimum atomic E-state index is -0.947. The number of nitrogens with zero attached hydrogens (tertiary/aromatic N) is 5. The van der Waals surface area contributed by atoms with Crippen molar-refractivity contribution in [2.45, 2.75) is 50.1 Å². The molecule has 5 rings (SSSR count). The molecule has 1 aromatic heterocycles. The van der Waals surface area contributed by atoms with Gasteiger partial charge in [0.15, 0.2) is 11.4 Å². The SMILES string of the molecule is NC(=O)c1nnn(C2CC3C(=O)N4CCC(OCc5ccc(F)cc5)CC4C(=O)N3C2)c1C(N)=O. The predicted octanol–water partition coefficient (Wildman–Crippen LogP) is -0.653. The highest BCUT2D eigenvalue weighted by molar-refractivity contribution is 6.03. The highest BCUT2D eigenvalue weighted by Crippen LogP contribution is 2.36. The zero-order valence-electron chi connectivity index (χ0n) is 18.7. The molecule has 0 bridgehead atoms. The van der Waals surface area contributed by atoms with Gasteiger partial charge in [0.05, 0.1) is 18.8 Å². The number of rotatable bonds is 6. The van der Waals surface area contributed by atoms with Crippen LogP contribution >= 0.6 is 0 Å². The van der Waals surface area contributed by atoms with Gasteiger partial charge < -0.3 is 26.0 Å². The van der Waals surface area contributed by atoms with Crippen LogP contribution < -0.4 is 11.5 Å². The molecule has 0 saturated carbocycles. The molecule has 4 atom stereocenters. The molecule has 1 aromatic carbocycles. The third-order valence-corrected chi connectivity index (χ3v) is 6.88. The van der Waals surface area contributed by atoms with E-state index >= 15 is 0 Å². The summed E-state index contributed by atoms with van der Waals surface area (Å²) in [7, 11) is 0. The normalized spacial score (nSPS) is 26.0. The molecular formula is C22H24FN7O5. The summed E-state index contributed by atoms with van der Waals surface area (Å²) in [6.45, 7) is 0.765. The summed E-state index contributed by atoms with van der Waals surface area (Å²) < 4.78 is 20.3. The van der Waals surface area contributed by atoms with Crippen molar-refractivity contribution in [3.63, 3.8) is 0 Å². The second-order valence-corrected chi connectivity index (χ2v) is 8.99. The van der Waals surface area contributed by atoms with Gasteiger partial charge in [-0.05, 0) is 24.1 Å². The monoisotopic (exact) mass is 485 g/mol. The first-order valence-electron chi connectivity index (χ1n) is 11.3. The van der Waals surface area contributed by atoms with E-state index in [4.69, 9.17) is 16.2 Å². The van der Waals surface area contributed by atoms with E-state index in [1.165, 1.54) is 21.7 Å². The van der Waals surface area contributed by atoms with Gasteiger partial charge in [-0.25, -0.2) is 9.07 Å². The van der Waals surface area contributed by atoms with Gasteiger partial charge in [-0.1, -0.05) is 17.3 Å². The van der Waals surface area contributed by atoms with Crippen molar-refractivity contribution in [2.24, 2.45) is 11.5 Å². The van der Waals surface area contributed by atoms with E-state index < -0.39 is 29.9 Å². The summed E-state index contributed by atoms with van der Waals surface area (Å²) in [5.41, 5.74) is 10.9. The van der Waals surface area contributed by atoms with Gasteiger partial charge in [0.2, 0.25) is 11.8 Å². The molecule has 12 nitrogen and oxygen atoms in total. The molecule has 0 spiro atoms. The number of hydrogen-bond acceptors (Lipinski definition) is 7. The Labute approximate surface area is 199 Å². The van der Waals surface area contributed by atoms with Gasteiger partial charge in [0, 0.05) is 25.9 Å². The van der Waals surface area contributed by atoms with Crippen LogP contribution in [0.2, 0.25) is 0 Å². The minimum Gasteiger partial charge on any atom is -0.373 e. The summed E-state index contributed by atoms with van der Waals surface area (Å²) in [5, 5.41) is 7.54. The van der Waals surface area contributed by atoms with Crippen LogP contribution in [0.4, 0.5) is 4.39 Å². The Bertz CT molecular complexity index is 1200. The summed E-state index contributed by atoms with van der Waals surface area (Å²) in [5.74, 6) is -2.58. The largest absolute Gasteiger partial charge is 0.373 e. The summed E-state index contributed by atoms with van der Waals surface area (Å²) in [4.78, 5) is 53.3. The molecule has 3 saturated heterocycles. The molecular weight excluding hydrogens is 461 g/mol. The lowest BCUT2D eigenvalue weighted by molar-refractivity contribution is -0.165. The van der Waals surface area contributed by atoms with Gasteiger partial charge in [-0.2, -0.15) is 0 Å². The first kappa shape index (κ1) is 22.9. The van der Waals surface area contributed by atoms with Crippen LogP contribution in [0.15, 0.2) is 24.3 Å². The van der Waals surface area contributed by atoms with Crippen molar-refractivity contribution in [3.8, 4) is 0 Å². The number of fused-ring (bicyclic) bond motifs is 2. The zero-order valence-corrected chi connectivity index (χ0v) is 18.7. The fourth-order valence-electron chi connectivity index (χ4n) is 5.17. The Morgan fingerprint density at radius 3 is 2.40 bits per heavy atom. The van der Waals surface area contributed by atoms with Crippen molar-refractivity contribution in [1.29, 1.82) is 0 Å². The average Bonchev–Trinajstić information content (AvgIpc) is 3.47.